The van der Waals surface area contributed by atoms with Gasteiger partial charge in [0.05, 0.1) is 11.1 Å². The molecule has 88 valence electrons. The van der Waals surface area contributed by atoms with Crippen LogP contribution in [0.5, 0.6) is 0 Å². The first-order chi connectivity index (χ1) is 7.84. The summed E-state index contributed by atoms with van der Waals surface area (Å²) in [6.07, 6.45) is -3.04. The second kappa shape index (κ2) is 4.97. The summed E-state index contributed by atoms with van der Waals surface area (Å²) < 4.78 is 36.8. The second-order valence-corrected chi connectivity index (χ2v) is 3.59. The van der Waals surface area contributed by atoms with Crippen LogP contribution in [0.25, 0.3) is 6.08 Å². The van der Waals surface area contributed by atoms with Gasteiger partial charge in [-0.15, -0.1) is 0 Å². The molecular formula is C11H7F3N2S. The lowest BCUT2D eigenvalue weighted by Crippen LogP contribution is -2.09. The monoisotopic (exact) mass is 256 g/mol. The summed E-state index contributed by atoms with van der Waals surface area (Å²) in [6.45, 7) is 0. The molecule has 0 aromatic heterocycles. The van der Waals surface area contributed by atoms with E-state index in [0.29, 0.717) is 5.56 Å². The van der Waals surface area contributed by atoms with Gasteiger partial charge in [-0.05, 0) is 23.8 Å². The fourth-order valence-electron chi connectivity index (χ4n) is 1.09. The summed E-state index contributed by atoms with van der Waals surface area (Å²) in [4.78, 5) is -0.0904. The molecular weight excluding hydrogens is 249 g/mol. The highest BCUT2D eigenvalue weighted by atomic mass is 32.1. The lowest BCUT2D eigenvalue weighted by atomic mass is 10.1. The Labute approximate surface area is 101 Å². The third kappa shape index (κ3) is 3.57. The van der Waals surface area contributed by atoms with Crippen molar-refractivity contribution in [2.45, 2.75) is 6.18 Å². The number of nitrogens with zero attached hydrogens (tertiary/aromatic N) is 1. The van der Waals surface area contributed by atoms with Gasteiger partial charge in [-0.1, -0.05) is 24.4 Å². The van der Waals surface area contributed by atoms with E-state index in [0.717, 1.165) is 12.1 Å². The molecule has 6 heteroatoms. The zero-order chi connectivity index (χ0) is 13.1. The quantitative estimate of drug-likeness (QED) is 0.503. The molecule has 0 saturated heterocycles. The highest BCUT2D eigenvalue weighted by molar-refractivity contribution is 7.80. The minimum Gasteiger partial charge on any atom is -0.389 e. The molecule has 2 nitrogen and oxygen atoms in total. The summed E-state index contributed by atoms with van der Waals surface area (Å²) >= 11 is 4.61. The maximum absolute atomic E-state index is 12.3. The Hall–Kier alpha value is -1.87. The van der Waals surface area contributed by atoms with Crippen LogP contribution in [0.4, 0.5) is 13.2 Å². The number of thiocarbonyl (C=S) groups is 1. The fourth-order valence-corrected chi connectivity index (χ4v) is 1.20. The molecule has 0 amide bonds. The Kier molecular flexibility index (Phi) is 3.86. The van der Waals surface area contributed by atoms with Crippen LogP contribution in [0.3, 0.4) is 0 Å². The summed E-state index contributed by atoms with van der Waals surface area (Å²) in [7, 11) is 0. The van der Waals surface area contributed by atoms with Crippen LogP contribution in [0.15, 0.2) is 29.8 Å². The van der Waals surface area contributed by atoms with E-state index in [1.165, 1.54) is 18.2 Å². The topological polar surface area (TPSA) is 49.8 Å². The van der Waals surface area contributed by atoms with E-state index in [1.807, 2.05) is 0 Å². The van der Waals surface area contributed by atoms with Crippen molar-refractivity contribution in [3.05, 3.63) is 41.0 Å². The first-order valence-corrected chi connectivity index (χ1v) is 4.84. The minimum atomic E-state index is -4.37. The van der Waals surface area contributed by atoms with Crippen molar-refractivity contribution in [1.82, 2.24) is 0 Å². The van der Waals surface area contributed by atoms with Gasteiger partial charge in [-0.2, -0.15) is 18.4 Å². The summed E-state index contributed by atoms with van der Waals surface area (Å²) in [5.74, 6) is 0. The van der Waals surface area contributed by atoms with Crippen molar-refractivity contribution in [1.29, 1.82) is 5.26 Å². The van der Waals surface area contributed by atoms with E-state index < -0.39 is 11.7 Å². The predicted octanol–water partition coefficient (Wildman–Crippen LogP) is 2.90. The number of nitrogens with two attached hydrogens (primary N) is 1. The van der Waals surface area contributed by atoms with E-state index >= 15 is 0 Å². The third-order valence-corrected chi connectivity index (χ3v) is 2.15. The molecule has 1 aromatic rings. The van der Waals surface area contributed by atoms with Crippen molar-refractivity contribution in [3.8, 4) is 6.07 Å². The minimum absolute atomic E-state index is 0.0553. The molecule has 0 aliphatic rings. The molecule has 1 aromatic carbocycles. The van der Waals surface area contributed by atoms with Crippen molar-refractivity contribution < 1.29 is 13.2 Å². The number of hydrogen-bond donors (Lipinski definition) is 1. The van der Waals surface area contributed by atoms with Gasteiger partial charge < -0.3 is 5.73 Å². The van der Waals surface area contributed by atoms with Crippen molar-refractivity contribution in [2.24, 2.45) is 5.73 Å². The maximum Gasteiger partial charge on any atom is 0.416 e. The van der Waals surface area contributed by atoms with E-state index in [9.17, 15) is 13.2 Å². The molecule has 0 heterocycles. The number of halogens is 3. The Balaban J connectivity index is 3.05. The molecule has 0 aliphatic heterocycles. The average molecular weight is 256 g/mol. The first-order valence-electron chi connectivity index (χ1n) is 4.43. The van der Waals surface area contributed by atoms with Crippen molar-refractivity contribution in [3.63, 3.8) is 0 Å². The van der Waals surface area contributed by atoms with Crippen LogP contribution >= 0.6 is 12.2 Å². The van der Waals surface area contributed by atoms with Crippen LogP contribution in [0.1, 0.15) is 11.1 Å². The van der Waals surface area contributed by atoms with Gasteiger partial charge in [0.1, 0.15) is 11.1 Å². The molecule has 0 fully saturated rings. The van der Waals surface area contributed by atoms with Crippen molar-refractivity contribution in [2.75, 3.05) is 0 Å². The fraction of sp³-hybridized carbons (Fsp3) is 0.0909. The molecule has 2 N–H and O–H groups in total. The standard InChI is InChI=1S/C11H7F3N2S/c12-11(13,14)9-3-1-7(2-4-9)5-8(6-15)10(16)17/h1-5H,(H2,16,17)/b8-5-. The predicted molar refractivity (Wildman–Crippen MR) is 61.8 cm³/mol. The first kappa shape index (κ1) is 13.2. The second-order valence-electron chi connectivity index (χ2n) is 3.15. The Morgan fingerprint density at radius 1 is 1.29 bits per heavy atom. The zero-order valence-corrected chi connectivity index (χ0v) is 9.27. The van der Waals surface area contributed by atoms with E-state index in [1.54, 1.807) is 6.07 Å². The molecule has 0 aliphatic carbocycles. The van der Waals surface area contributed by atoms with Gasteiger partial charge in [0.15, 0.2) is 0 Å². The van der Waals surface area contributed by atoms with Crippen LogP contribution < -0.4 is 5.73 Å². The Morgan fingerprint density at radius 3 is 2.18 bits per heavy atom. The molecule has 0 bridgehead atoms. The summed E-state index contributed by atoms with van der Waals surface area (Å²) in [5.41, 5.74) is 5.00. The lowest BCUT2D eigenvalue weighted by Gasteiger charge is -2.06. The number of hydrogen-bond acceptors (Lipinski definition) is 2. The van der Waals surface area contributed by atoms with Crippen LogP contribution in [-0.4, -0.2) is 4.99 Å². The van der Waals surface area contributed by atoms with E-state index in [-0.39, 0.29) is 10.6 Å². The van der Waals surface area contributed by atoms with Crippen LogP contribution in [0, 0.1) is 11.3 Å². The van der Waals surface area contributed by atoms with E-state index in [4.69, 9.17) is 11.0 Å². The molecule has 0 spiro atoms. The van der Waals surface area contributed by atoms with Crippen molar-refractivity contribution >= 4 is 23.3 Å². The Bertz CT molecular complexity index is 495. The van der Waals surface area contributed by atoms with Gasteiger partial charge in [0.25, 0.3) is 0 Å². The molecule has 17 heavy (non-hydrogen) atoms. The van der Waals surface area contributed by atoms with Gasteiger partial charge in [0, 0.05) is 0 Å². The van der Waals surface area contributed by atoms with Crippen LogP contribution in [-0.2, 0) is 6.18 Å². The molecule has 1 rings (SSSR count). The lowest BCUT2D eigenvalue weighted by molar-refractivity contribution is -0.137. The highest BCUT2D eigenvalue weighted by Crippen LogP contribution is 2.29. The Morgan fingerprint density at radius 2 is 1.82 bits per heavy atom. The average Bonchev–Trinajstić information content (AvgIpc) is 2.25. The maximum atomic E-state index is 12.3. The van der Waals surface area contributed by atoms with Gasteiger partial charge in [0.2, 0.25) is 0 Å². The van der Waals surface area contributed by atoms with Crippen LogP contribution in [0.2, 0.25) is 0 Å². The highest BCUT2D eigenvalue weighted by Gasteiger charge is 2.29. The molecule has 0 saturated carbocycles. The molecule has 0 unspecified atom stereocenters. The zero-order valence-electron chi connectivity index (χ0n) is 8.45. The number of nitriles is 1. The SMILES string of the molecule is N#C/C(=C/c1ccc(C(F)(F)F)cc1)C(N)=S. The summed E-state index contributed by atoms with van der Waals surface area (Å²) in [5, 5.41) is 8.68. The third-order valence-electron chi connectivity index (χ3n) is 1.93. The number of alkyl halides is 3. The number of rotatable bonds is 2. The largest absolute Gasteiger partial charge is 0.416 e. The smallest absolute Gasteiger partial charge is 0.389 e. The summed E-state index contributed by atoms with van der Waals surface area (Å²) in [6, 6.07) is 6.13. The normalized spacial score (nSPS) is 12.0. The van der Waals surface area contributed by atoms with E-state index in [2.05, 4.69) is 12.2 Å². The van der Waals surface area contributed by atoms with Gasteiger partial charge in [-0.25, -0.2) is 0 Å². The van der Waals surface area contributed by atoms with Gasteiger partial charge >= 0.3 is 6.18 Å². The van der Waals surface area contributed by atoms with Gasteiger partial charge in [-0.3, -0.25) is 0 Å². The number of benzene rings is 1. The molecule has 0 radical (unpaired) electrons. The molecule has 0 atom stereocenters.